The Kier molecular flexibility index (Phi) is 3.20. The number of methoxy groups -OCH3 is 1. The summed E-state index contributed by atoms with van der Waals surface area (Å²) in [5.41, 5.74) is 3.79. The van der Waals surface area contributed by atoms with Gasteiger partial charge in [0.15, 0.2) is 0 Å². The molecule has 0 aliphatic heterocycles. The Bertz CT molecular complexity index is 1130. The van der Waals surface area contributed by atoms with Crippen LogP contribution >= 0.6 is 0 Å². The zero-order valence-corrected chi connectivity index (χ0v) is 13.7. The first-order valence-electron chi connectivity index (χ1n) is 7.69. The van der Waals surface area contributed by atoms with E-state index in [1.54, 1.807) is 19.2 Å². The van der Waals surface area contributed by atoms with Gasteiger partial charge >= 0.3 is 5.63 Å². The van der Waals surface area contributed by atoms with E-state index in [-0.39, 0.29) is 0 Å². The minimum Gasteiger partial charge on any atom is -0.497 e. The summed E-state index contributed by atoms with van der Waals surface area (Å²) < 4.78 is 16.7. The quantitative estimate of drug-likeness (QED) is 0.496. The van der Waals surface area contributed by atoms with E-state index >= 15 is 0 Å². The van der Waals surface area contributed by atoms with Crippen molar-refractivity contribution >= 4 is 21.9 Å². The van der Waals surface area contributed by atoms with E-state index < -0.39 is 5.63 Å². The normalized spacial score (nSPS) is 11.3. The number of fused-ring (bicyclic) bond motifs is 2. The van der Waals surface area contributed by atoms with E-state index in [1.807, 2.05) is 32.0 Å². The molecule has 4 nitrogen and oxygen atoms in total. The Balaban J connectivity index is 2.09. The lowest BCUT2D eigenvalue weighted by molar-refractivity contribution is 0.415. The molecule has 0 saturated heterocycles. The molecule has 0 saturated carbocycles. The van der Waals surface area contributed by atoms with Crippen molar-refractivity contribution in [2.45, 2.75) is 13.8 Å². The number of aryl methyl sites for hydroxylation is 2. The highest BCUT2D eigenvalue weighted by molar-refractivity contribution is 5.97. The van der Waals surface area contributed by atoms with Gasteiger partial charge in [0.05, 0.1) is 7.11 Å². The van der Waals surface area contributed by atoms with Crippen LogP contribution in [0.2, 0.25) is 0 Å². The SMILES string of the molecule is COc1ccc2oc(=O)cc(-c3oc4ccc(C)cc4c3C)c2c1. The van der Waals surface area contributed by atoms with E-state index in [4.69, 9.17) is 13.6 Å². The predicted molar refractivity (Wildman–Crippen MR) is 93.7 cm³/mol. The van der Waals surface area contributed by atoms with Gasteiger partial charge in [-0.25, -0.2) is 4.79 Å². The molecule has 0 N–H and O–H groups in total. The topological polar surface area (TPSA) is 52.6 Å². The Morgan fingerprint density at radius 1 is 0.875 bits per heavy atom. The highest BCUT2D eigenvalue weighted by Gasteiger charge is 2.17. The second-order valence-electron chi connectivity index (χ2n) is 5.90. The standard InChI is InChI=1S/C20H16O4/c1-11-4-6-17-14(8-11)12(2)20(24-17)16-10-19(21)23-18-7-5-13(22-3)9-15(16)18/h4-10H,1-3H3. The fourth-order valence-corrected chi connectivity index (χ4v) is 3.05. The van der Waals surface area contributed by atoms with Gasteiger partial charge in [-0.2, -0.15) is 0 Å². The molecular weight excluding hydrogens is 304 g/mol. The van der Waals surface area contributed by atoms with E-state index in [1.165, 1.54) is 6.07 Å². The molecule has 0 amide bonds. The van der Waals surface area contributed by atoms with Crippen LogP contribution in [0.5, 0.6) is 5.75 Å². The molecule has 0 spiro atoms. The average molecular weight is 320 g/mol. The Labute approximate surface area is 138 Å². The number of hydrogen-bond acceptors (Lipinski definition) is 4. The number of benzene rings is 2. The summed E-state index contributed by atoms with van der Waals surface area (Å²) in [6.07, 6.45) is 0. The van der Waals surface area contributed by atoms with E-state index in [2.05, 4.69) is 6.07 Å². The minimum atomic E-state index is -0.404. The zero-order chi connectivity index (χ0) is 16.8. The lowest BCUT2D eigenvalue weighted by atomic mass is 10.0. The molecule has 4 aromatic rings. The Hall–Kier alpha value is -3.01. The van der Waals surface area contributed by atoms with Gasteiger partial charge in [0.25, 0.3) is 0 Å². The van der Waals surface area contributed by atoms with Crippen LogP contribution in [0.4, 0.5) is 0 Å². The molecule has 0 fully saturated rings. The smallest absolute Gasteiger partial charge is 0.336 e. The van der Waals surface area contributed by atoms with Crippen LogP contribution in [-0.2, 0) is 0 Å². The van der Waals surface area contributed by atoms with Gasteiger partial charge in [0.2, 0.25) is 0 Å². The molecule has 2 aromatic heterocycles. The first kappa shape index (κ1) is 14.6. The largest absolute Gasteiger partial charge is 0.497 e. The Morgan fingerprint density at radius 2 is 1.62 bits per heavy atom. The maximum absolute atomic E-state index is 12.0. The van der Waals surface area contributed by atoms with Gasteiger partial charge in [-0.15, -0.1) is 0 Å². The summed E-state index contributed by atoms with van der Waals surface area (Å²) in [5.74, 6) is 1.38. The highest BCUT2D eigenvalue weighted by atomic mass is 16.5. The van der Waals surface area contributed by atoms with Crippen molar-refractivity contribution in [3.63, 3.8) is 0 Å². The van der Waals surface area contributed by atoms with E-state index in [0.717, 1.165) is 27.5 Å². The highest BCUT2D eigenvalue weighted by Crippen LogP contribution is 2.37. The van der Waals surface area contributed by atoms with Gasteiger partial charge in [0, 0.05) is 28.0 Å². The first-order chi connectivity index (χ1) is 11.6. The van der Waals surface area contributed by atoms with Crippen LogP contribution in [0.1, 0.15) is 11.1 Å². The molecule has 0 bridgehead atoms. The van der Waals surface area contributed by atoms with Gasteiger partial charge in [0.1, 0.15) is 22.7 Å². The van der Waals surface area contributed by atoms with Crippen LogP contribution in [0.25, 0.3) is 33.3 Å². The number of furan rings is 1. The summed E-state index contributed by atoms with van der Waals surface area (Å²) in [6, 6.07) is 12.9. The Morgan fingerprint density at radius 3 is 2.42 bits per heavy atom. The summed E-state index contributed by atoms with van der Waals surface area (Å²) in [5, 5.41) is 1.84. The van der Waals surface area contributed by atoms with Crippen molar-refractivity contribution in [1.29, 1.82) is 0 Å². The molecule has 0 atom stereocenters. The number of hydrogen-bond donors (Lipinski definition) is 0. The molecule has 4 heteroatoms. The molecule has 2 aromatic carbocycles. The van der Waals surface area contributed by atoms with Crippen LogP contribution in [-0.4, -0.2) is 7.11 Å². The van der Waals surface area contributed by atoms with Crippen LogP contribution in [0, 0.1) is 13.8 Å². The summed E-state index contributed by atoms with van der Waals surface area (Å²) in [6.45, 7) is 4.05. The zero-order valence-electron chi connectivity index (χ0n) is 13.7. The van der Waals surface area contributed by atoms with Crippen LogP contribution < -0.4 is 10.4 Å². The van der Waals surface area contributed by atoms with E-state index in [0.29, 0.717) is 22.7 Å². The van der Waals surface area contributed by atoms with E-state index in [9.17, 15) is 4.79 Å². The maximum Gasteiger partial charge on any atom is 0.336 e. The molecule has 2 heterocycles. The number of ether oxygens (including phenoxy) is 1. The third-order valence-electron chi connectivity index (χ3n) is 4.29. The van der Waals surface area contributed by atoms with Gasteiger partial charge < -0.3 is 13.6 Å². The molecule has 120 valence electrons. The van der Waals surface area contributed by atoms with Crippen LogP contribution in [0.3, 0.4) is 0 Å². The van der Waals surface area contributed by atoms with Crippen LogP contribution in [0.15, 0.2) is 56.1 Å². The summed E-state index contributed by atoms with van der Waals surface area (Å²) in [7, 11) is 1.61. The molecule has 4 rings (SSSR count). The van der Waals surface area contributed by atoms with Crippen molar-refractivity contribution in [3.8, 4) is 17.1 Å². The molecular formula is C20H16O4. The van der Waals surface area contributed by atoms with Gasteiger partial charge in [-0.05, 0) is 44.2 Å². The average Bonchev–Trinajstić information content (AvgIpc) is 2.90. The number of rotatable bonds is 2. The lowest BCUT2D eigenvalue weighted by Crippen LogP contribution is -1.98. The van der Waals surface area contributed by atoms with Crippen molar-refractivity contribution < 1.29 is 13.6 Å². The second kappa shape index (κ2) is 5.27. The minimum absolute atomic E-state index is 0.404. The summed E-state index contributed by atoms with van der Waals surface area (Å²) in [4.78, 5) is 12.0. The molecule has 0 unspecified atom stereocenters. The van der Waals surface area contributed by atoms with Crippen molar-refractivity contribution in [2.24, 2.45) is 0 Å². The first-order valence-corrected chi connectivity index (χ1v) is 7.69. The third kappa shape index (κ3) is 2.19. The molecule has 0 aliphatic rings. The fourth-order valence-electron chi connectivity index (χ4n) is 3.05. The predicted octanol–water partition coefficient (Wildman–Crippen LogP) is 4.83. The van der Waals surface area contributed by atoms with Gasteiger partial charge in [-0.3, -0.25) is 0 Å². The van der Waals surface area contributed by atoms with Gasteiger partial charge in [-0.1, -0.05) is 11.6 Å². The van der Waals surface area contributed by atoms with Crippen molar-refractivity contribution in [1.82, 2.24) is 0 Å². The molecule has 24 heavy (non-hydrogen) atoms. The third-order valence-corrected chi connectivity index (χ3v) is 4.29. The summed E-state index contributed by atoms with van der Waals surface area (Å²) >= 11 is 0. The maximum atomic E-state index is 12.0. The monoisotopic (exact) mass is 320 g/mol. The molecule has 0 radical (unpaired) electrons. The second-order valence-corrected chi connectivity index (χ2v) is 5.90. The van der Waals surface area contributed by atoms with Crippen molar-refractivity contribution in [3.05, 3.63) is 64.0 Å². The lowest BCUT2D eigenvalue weighted by Gasteiger charge is -2.06. The van der Waals surface area contributed by atoms with Crippen molar-refractivity contribution in [2.75, 3.05) is 7.11 Å². The fraction of sp³-hybridized carbons (Fsp3) is 0.150. The molecule has 0 aliphatic carbocycles.